The molecular weight excluding hydrogens is 985 g/mol. The van der Waals surface area contributed by atoms with Gasteiger partial charge in [-0.1, -0.05) is 488 Å². The van der Waals surface area contributed by atoms with E-state index in [4.69, 9.17) is 0 Å². The van der Waals surface area contributed by atoms with Gasteiger partial charge in [0.1, 0.15) is 0 Å². The highest BCUT2D eigenvalue weighted by Gasteiger charge is 1.93. The minimum Gasteiger partial charge on any atom is -0.0776 e. The van der Waals surface area contributed by atoms with Crippen molar-refractivity contribution in [2.45, 2.75) is 288 Å². The molecule has 7 rings (SSSR count). The number of rotatable bonds is 3. The van der Waals surface area contributed by atoms with E-state index in [9.17, 15) is 0 Å². The van der Waals surface area contributed by atoms with Crippen molar-refractivity contribution in [1.29, 1.82) is 0 Å². The lowest BCUT2D eigenvalue weighted by Gasteiger charge is -2.00. The first-order valence-electron chi connectivity index (χ1n) is 32.3. The summed E-state index contributed by atoms with van der Waals surface area (Å²) in [5, 5.41) is 2.62. The minimum atomic E-state index is 0. The summed E-state index contributed by atoms with van der Waals surface area (Å²) in [7, 11) is 0. The normalized spacial score (nSPS) is 7.05. The van der Waals surface area contributed by atoms with E-state index in [1.165, 1.54) is 84.4 Å². The van der Waals surface area contributed by atoms with Crippen LogP contribution in [0.1, 0.15) is 292 Å². The van der Waals surface area contributed by atoms with E-state index in [0.29, 0.717) is 0 Å². The third-order valence-electron chi connectivity index (χ3n) is 6.30. The number of fused-ring (bicyclic) bond motifs is 1. The Kier molecular flexibility index (Phi) is 192. The second-order valence-corrected chi connectivity index (χ2v) is 15.0. The molecule has 0 heteroatoms. The molecule has 0 atom stereocenters. The second kappa shape index (κ2) is 136. The summed E-state index contributed by atoms with van der Waals surface area (Å²) in [6.07, 6.45) is 11.0. The number of hydrogen-bond donors (Lipinski definition) is 0. The fraction of sp³-hybridized carbons (Fsp3) is 0.512. The van der Waals surface area contributed by atoms with E-state index >= 15 is 0 Å². The van der Waals surface area contributed by atoms with Crippen LogP contribution in [-0.2, 0) is 6.42 Å². The molecule has 7 aromatic rings. The molecule has 0 amide bonds. The summed E-state index contributed by atoms with van der Waals surface area (Å²) in [5.74, 6) is 0. The van der Waals surface area contributed by atoms with Gasteiger partial charge in [-0.15, -0.1) is 0 Å². The Morgan fingerprint density at radius 3 is 0.427 bits per heavy atom. The molecule has 0 saturated carbocycles. The Morgan fingerprint density at radius 1 is 0.171 bits per heavy atom. The van der Waals surface area contributed by atoms with Crippen molar-refractivity contribution in [2.75, 3.05) is 0 Å². The maximum Gasteiger partial charge on any atom is -0.00258 e. The van der Waals surface area contributed by atoms with Gasteiger partial charge in [-0.05, 0) is 39.4 Å². The van der Waals surface area contributed by atoms with Crippen LogP contribution in [0.4, 0.5) is 0 Å². The first-order valence-corrected chi connectivity index (χ1v) is 32.3. The van der Waals surface area contributed by atoms with E-state index in [2.05, 4.69) is 269 Å². The Morgan fingerprint density at radius 2 is 0.280 bits per heavy atom. The van der Waals surface area contributed by atoms with Crippen molar-refractivity contribution in [3.8, 4) is 11.1 Å². The lowest BCUT2D eigenvalue weighted by molar-refractivity contribution is 1.09. The highest BCUT2D eigenvalue weighted by atomic mass is 14.0. The predicted molar refractivity (Wildman–Crippen MR) is 405 cm³/mol. The number of benzene rings is 7. The zero-order valence-corrected chi connectivity index (χ0v) is 59.0. The maximum atomic E-state index is 2.16. The minimum absolute atomic E-state index is 0. The molecule has 0 heterocycles. The first kappa shape index (κ1) is 116. The molecule has 0 saturated heterocycles. The quantitative estimate of drug-likeness (QED) is 0.165. The molecule has 0 spiro atoms. The van der Waals surface area contributed by atoms with Crippen molar-refractivity contribution in [2.24, 2.45) is 0 Å². The summed E-state index contributed by atoms with van der Waals surface area (Å²) in [4.78, 5) is 0. The molecule has 0 fully saturated rings. The van der Waals surface area contributed by atoms with E-state index in [0.717, 1.165) is 6.42 Å². The molecule has 0 bridgehead atoms. The smallest absolute Gasteiger partial charge is 0.00258 e. The van der Waals surface area contributed by atoms with Crippen LogP contribution in [0.25, 0.3) is 21.9 Å². The number of hydrogen-bond acceptors (Lipinski definition) is 0. The molecule has 0 aromatic heterocycles. The topological polar surface area (TPSA) is 0 Å². The van der Waals surface area contributed by atoms with Crippen LogP contribution in [0, 0.1) is 0 Å². The Hall–Kier alpha value is -5.20. The molecule has 82 heavy (non-hydrogen) atoms. The molecule has 482 valence electrons. The van der Waals surface area contributed by atoms with E-state index in [1.54, 1.807) is 0 Å². The summed E-state index contributed by atoms with van der Waals surface area (Å²) in [6.45, 7) is 62.0. The molecule has 0 unspecified atom stereocenters. The van der Waals surface area contributed by atoms with E-state index in [1.807, 2.05) is 145 Å². The van der Waals surface area contributed by atoms with Gasteiger partial charge in [0.25, 0.3) is 0 Å². The zero-order chi connectivity index (χ0) is 63.9. The summed E-state index contributed by atoms with van der Waals surface area (Å²) in [5.41, 5.74) is 5.29. The molecule has 0 aliphatic heterocycles. The van der Waals surface area contributed by atoms with Gasteiger partial charge in [-0.3, -0.25) is 0 Å². The molecule has 0 nitrogen and oxygen atoms in total. The van der Waals surface area contributed by atoms with Gasteiger partial charge in [0.15, 0.2) is 0 Å². The molecular formula is C82H154. The highest BCUT2D eigenvalue weighted by molar-refractivity contribution is 5.82. The summed E-state index contributed by atoms with van der Waals surface area (Å²) >= 11 is 0. The van der Waals surface area contributed by atoms with Gasteiger partial charge < -0.3 is 0 Å². The van der Waals surface area contributed by atoms with Crippen molar-refractivity contribution in [3.05, 3.63) is 217 Å². The maximum absolute atomic E-state index is 2.16. The van der Waals surface area contributed by atoms with Crippen LogP contribution in [0.3, 0.4) is 0 Å². The Bertz CT molecular complexity index is 1550. The molecule has 0 aliphatic rings. The zero-order valence-electron chi connectivity index (χ0n) is 59.0. The van der Waals surface area contributed by atoms with Crippen LogP contribution in [0.2, 0.25) is 0 Å². The standard InChI is InChI=1S/C13H12.C12H10.C10H8.C6H6.8C3H8.7C2H6.3CH4/c1-3-7-12(8-4-1)11-13-9-5-2-6-10-13;1-3-7-11(8-4-1)12-9-5-2-6-10-12;1-2-6-10-8-4-3-7-9(10)5-1;1-2-4-6-5-3-1;8*1-3-2;7*1-2;;;/h1-10H,11H2;1-10H;1-8H;1-6H;8*3H2,1-2H3;7*1-2H3;3*1H4. The van der Waals surface area contributed by atoms with Gasteiger partial charge in [-0.2, -0.15) is 0 Å². The Balaban J connectivity index is -0.0000000469. The second-order valence-electron chi connectivity index (χ2n) is 15.0. The lowest BCUT2D eigenvalue weighted by atomic mass is 10.1. The van der Waals surface area contributed by atoms with Gasteiger partial charge in [0, 0.05) is 0 Å². The monoisotopic (exact) mass is 1140 g/mol. The predicted octanol–water partition coefficient (Wildman–Crippen LogP) is 31.6. The fourth-order valence-corrected chi connectivity index (χ4v) is 4.21. The lowest BCUT2D eigenvalue weighted by Crippen LogP contribution is -1.85. The van der Waals surface area contributed by atoms with Gasteiger partial charge >= 0.3 is 0 Å². The van der Waals surface area contributed by atoms with Gasteiger partial charge in [0.2, 0.25) is 0 Å². The molecule has 0 N–H and O–H groups in total. The summed E-state index contributed by atoms with van der Waals surface area (Å²) < 4.78 is 0. The fourth-order valence-electron chi connectivity index (χ4n) is 4.21. The van der Waals surface area contributed by atoms with Crippen LogP contribution in [-0.4, -0.2) is 0 Å². The average Bonchev–Trinajstić information content (AvgIpc) is 3.52. The van der Waals surface area contributed by atoms with E-state index in [-0.39, 0.29) is 22.3 Å². The van der Waals surface area contributed by atoms with Crippen molar-refractivity contribution in [3.63, 3.8) is 0 Å². The van der Waals surface area contributed by atoms with Crippen LogP contribution < -0.4 is 0 Å². The third kappa shape index (κ3) is 118. The van der Waals surface area contributed by atoms with Gasteiger partial charge in [-0.25, -0.2) is 0 Å². The summed E-state index contributed by atoms with van der Waals surface area (Å²) in [6, 6.07) is 70.6. The SMILES string of the molecule is C.C.C.CC.CC.CC.CC.CC.CC.CC.CCC.CCC.CCC.CCC.CCC.CCC.CCC.CCC.c1ccc(-c2ccccc2)cc1.c1ccc(Cc2ccccc2)cc1.c1ccc2ccccc2c1.c1ccccc1. The average molecular weight is 1140 g/mol. The van der Waals surface area contributed by atoms with Crippen molar-refractivity contribution in [1.82, 2.24) is 0 Å². The first-order chi connectivity index (χ1) is 38.7. The van der Waals surface area contributed by atoms with Crippen LogP contribution >= 0.6 is 0 Å². The third-order valence-corrected chi connectivity index (χ3v) is 6.30. The van der Waals surface area contributed by atoms with Crippen LogP contribution in [0.5, 0.6) is 0 Å². The largest absolute Gasteiger partial charge is 0.0776 e. The Labute approximate surface area is 524 Å². The van der Waals surface area contributed by atoms with E-state index < -0.39 is 0 Å². The van der Waals surface area contributed by atoms with Crippen molar-refractivity contribution >= 4 is 10.8 Å². The molecule has 7 aromatic carbocycles. The highest BCUT2D eigenvalue weighted by Crippen LogP contribution is 2.17. The van der Waals surface area contributed by atoms with Crippen LogP contribution in [0.15, 0.2) is 206 Å². The molecule has 0 aliphatic carbocycles. The van der Waals surface area contributed by atoms with Crippen molar-refractivity contribution < 1.29 is 0 Å². The van der Waals surface area contributed by atoms with Gasteiger partial charge in [0.05, 0.1) is 0 Å². The molecule has 0 radical (unpaired) electrons.